The summed E-state index contributed by atoms with van der Waals surface area (Å²) >= 11 is 0. The molecule has 0 radical (unpaired) electrons. The van der Waals surface area contributed by atoms with Gasteiger partial charge in [0.05, 0.1) is 0 Å². The predicted octanol–water partition coefficient (Wildman–Crippen LogP) is 6.99. The van der Waals surface area contributed by atoms with E-state index in [0.29, 0.717) is 12.1 Å². The monoisotopic (exact) mass is 398 g/mol. The van der Waals surface area contributed by atoms with Crippen LogP contribution in [0.15, 0.2) is 103 Å². The van der Waals surface area contributed by atoms with E-state index in [9.17, 15) is 4.79 Å². The zero-order valence-electron chi connectivity index (χ0n) is 17.0. The molecule has 2 N–H and O–H groups in total. The van der Waals surface area contributed by atoms with Gasteiger partial charge in [0.1, 0.15) is 0 Å². The lowest BCUT2D eigenvalue weighted by atomic mass is 10.0. The van der Waals surface area contributed by atoms with E-state index in [2.05, 4.69) is 65.3 Å². The van der Waals surface area contributed by atoms with Crippen molar-refractivity contribution in [3.63, 3.8) is 0 Å². The fraction of sp³-hybridized carbons (Fsp3) is 0.148. The first-order valence-electron chi connectivity index (χ1n) is 10.4. The van der Waals surface area contributed by atoms with Gasteiger partial charge in [0, 0.05) is 26.3 Å². The second kappa shape index (κ2) is 9.75. The lowest BCUT2D eigenvalue weighted by molar-refractivity contribution is 0.0954. The van der Waals surface area contributed by atoms with Gasteiger partial charge in [-0.1, -0.05) is 72.3 Å². The van der Waals surface area contributed by atoms with Crippen LogP contribution in [0.1, 0.15) is 32.5 Å². The number of hydrogen-bond acceptors (Lipinski definition) is 2. The van der Waals surface area contributed by atoms with E-state index in [1.165, 1.54) is 16.7 Å². The zero-order valence-corrected chi connectivity index (χ0v) is 17.0. The molecule has 1 aliphatic carbocycles. The molecule has 0 fully saturated rings. The highest BCUT2D eigenvalue weighted by Crippen LogP contribution is 2.23. The Morgan fingerprint density at radius 3 is 2.40 bits per heavy atom. The van der Waals surface area contributed by atoms with Gasteiger partial charge in [0.2, 0.25) is 0 Å². The summed E-state index contributed by atoms with van der Waals surface area (Å²) in [5.74, 6) is -0.0431. The zero-order chi connectivity index (χ0) is 20.6. The Hall–Kier alpha value is -3.59. The normalized spacial score (nSPS) is 12.9. The van der Waals surface area contributed by atoms with Gasteiger partial charge < -0.3 is 10.6 Å². The van der Waals surface area contributed by atoms with Crippen molar-refractivity contribution >= 4 is 17.3 Å². The maximum absolute atomic E-state index is 12.5. The Balaban J connectivity index is 0.00000181. The minimum atomic E-state index is -0.0431. The number of anilines is 2. The molecule has 4 rings (SSSR count). The lowest BCUT2D eigenvalue weighted by Gasteiger charge is -2.11. The van der Waals surface area contributed by atoms with E-state index < -0.39 is 0 Å². The molecule has 0 heterocycles. The highest BCUT2D eigenvalue weighted by molar-refractivity contribution is 5.95. The summed E-state index contributed by atoms with van der Waals surface area (Å²) in [6.45, 7) is 0.646. The average Bonchev–Trinajstić information content (AvgIpc) is 2.81. The molecule has 0 atom stereocenters. The molecule has 0 spiro atoms. The second-order valence-electron chi connectivity index (χ2n) is 7.41. The molecule has 0 saturated carbocycles. The van der Waals surface area contributed by atoms with E-state index in [1.807, 2.05) is 42.5 Å². The van der Waals surface area contributed by atoms with Gasteiger partial charge in [0.15, 0.2) is 0 Å². The predicted molar refractivity (Wildman–Crippen MR) is 129 cm³/mol. The maximum atomic E-state index is 12.5. The van der Waals surface area contributed by atoms with Crippen LogP contribution in [-0.2, 0) is 0 Å². The van der Waals surface area contributed by atoms with Gasteiger partial charge in [0.25, 0.3) is 5.91 Å². The van der Waals surface area contributed by atoms with Gasteiger partial charge in [-0.15, -0.1) is 0 Å². The molecule has 0 aliphatic heterocycles. The van der Waals surface area contributed by atoms with Gasteiger partial charge in [-0.2, -0.15) is 0 Å². The number of amides is 1. The minimum Gasteiger partial charge on any atom is -0.356 e. The SMILES string of the molecule is O=C(NCCC1=CCCC=C1)c1cccc(Nc2ccc(-c3ccccc3)cc2)c1.[HH].[HH]. The Morgan fingerprint density at radius 2 is 1.63 bits per heavy atom. The molecule has 0 unspecified atom stereocenters. The molecule has 30 heavy (non-hydrogen) atoms. The van der Waals surface area contributed by atoms with Crippen LogP contribution in [0.25, 0.3) is 11.1 Å². The van der Waals surface area contributed by atoms with Gasteiger partial charge in [-0.25, -0.2) is 0 Å². The first-order chi connectivity index (χ1) is 14.8. The molecule has 0 aromatic heterocycles. The number of rotatable bonds is 7. The Labute approximate surface area is 181 Å². The van der Waals surface area contributed by atoms with Crippen LogP contribution in [0.2, 0.25) is 0 Å². The maximum Gasteiger partial charge on any atom is 0.251 e. The second-order valence-corrected chi connectivity index (χ2v) is 7.41. The van der Waals surface area contributed by atoms with Crippen LogP contribution in [-0.4, -0.2) is 12.5 Å². The molecule has 1 amide bonds. The van der Waals surface area contributed by atoms with Crippen molar-refractivity contribution in [3.8, 4) is 11.1 Å². The van der Waals surface area contributed by atoms with Crippen LogP contribution in [0.5, 0.6) is 0 Å². The first-order valence-corrected chi connectivity index (χ1v) is 10.4. The molecule has 0 bridgehead atoms. The van der Waals surface area contributed by atoms with Crippen LogP contribution in [0, 0.1) is 0 Å². The number of carbonyl (C=O) groups is 1. The molecular weight excluding hydrogens is 368 g/mol. The summed E-state index contributed by atoms with van der Waals surface area (Å²) in [5, 5.41) is 6.41. The van der Waals surface area contributed by atoms with E-state index in [-0.39, 0.29) is 8.76 Å². The lowest BCUT2D eigenvalue weighted by Crippen LogP contribution is -2.24. The van der Waals surface area contributed by atoms with Crippen molar-refractivity contribution in [2.45, 2.75) is 19.3 Å². The molecule has 1 aliphatic rings. The topological polar surface area (TPSA) is 41.1 Å². The van der Waals surface area contributed by atoms with Crippen molar-refractivity contribution in [1.29, 1.82) is 0 Å². The largest absolute Gasteiger partial charge is 0.356 e. The summed E-state index contributed by atoms with van der Waals surface area (Å²) in [5.41, 5.74) is 6.22. The fourth-order valence-electron chi connectivity index (χ4n) is 3.56. The number of nitrogens with one attached hydrogen (secondary N) is 2. The van der Waals surface area contributed by atoms with Crippen molar-refractivity contribution < 1.29 is 7.65 Å². The number of allylic oxidation sites excluding steroid dienone is 3. The standard InChI is InChI=1S/C27H26N2O.2H2/c30-27(28-19-18-21-8-3-1-4-9-21)24-12-7-13-26(20-24)29-25-16-14-23(15-17-25)22-10-5-2-6-11-22;;/h2-3,5-17,20,29H,1,4,18-19H2,(H,28,30);2*1H. The summed E-state index contributed by atoms with van der Waals surface area (Å²) in [7, 11) is 0. The van der Waals surface area contributed by atoms with E-state index in [1.54, 1.807) is 0 Å². The third kappa shape index (κ3) is 5.26. The highest BCUT2D eigenvalue weighted by Gasteiger charge is 2.07. The summed E-state index contributed by atoms with van der Waals surface area (Å²) in [4.78, 5) is 12.5. The Kier molecular flexibility index (Phi) is 6.41. The van der Waals surface area contributed by atoms with Gasteiger partial charge >= 0.3 is 0 Å². The Morgan fingerprint density at radius 1 is 0.833 bits per heavy atom. The first kappa shape index (κ1) is 19.7. The van der Waals surface area contributed by atoms with Gasteiger partial charge in [-0.3, -0.25) is 4.79 Å². The average molecular weight is 399 g/mol. The highest BCUT2D eigenvalue weighted by atomic mass is 16.1. The molecule has 154 valence electrons. The number of benzene rings is 3. The van der Waals surface area contributed by atoms with E-state index in [0.717, 1.165) is 30.6 Å². The molecular formula is C27H30N2O. The summed E-state index contributed by atoms with van der Waals surface area (Å²) in [6.07, 6.45) is 9.68. The third-order valence-electron chi connectivity index (χ3n) is 5.18. The molecule has 3 nitrogen and oxygen atoms in total. The third-order valence-corrected chi connectivity index (χ3v) is 5.18. The van der Waals surface area contributed by atoms with Crippen molar-refractivity contribution in [2.24, 2.45) is 0 Å². The van der Waals surface area contributed by atoms with E-state index in [4.69, 9.17) is 0 Å². The van der Waals surface area contributed by atoms with E-state index >= 15 is 0 Å². The van der Waals surface area contributed by atoms with Crippen molar-refractivity contribution in [2.75, 3.05) is 11.9 Å². The number of carbonyl (C=O) groups excluding carboxylic acids is 1. The molecule has 0 saturated heterocycles. The van der Waals surface area contributed by atoms with Crippen LogP contribution in [0.4, 0.5) is 11.4 Å². The summed E-state index contributed by atoms with van der Waals surface area (Å²) in [6, 6.07) is 26.2. The van der Waals surface area contributed by atoms with Crippen molar-refractivity contribution in [1.82, 2.24) is 5.32 Å². The smallest absolute Gasteiger partial charge is 0.251 e. The van der Waals surface area contributed by atoms with Crippen molar-refractivity contribution in [3.05, 3.63) is 108 Å². The van der Waals surface area contributed by atoms with Gasteiger partial charge in [-0.05, 0) is 60.7 Å². The minimum absolute atomic E-state index is 0. The number of hydrogen-bond donors (Lipinski definition) is 2. The molecule has 3 heteroatoms. The van der Waals surface area contributed by atoms with Crippen LogP contribution >= 0.6 is 0 Å². The quantitative estimate of drug-likeness (QED) is 0.450. The molecule has 3 aromatic rings. The van der Waals surface area contributed by atoms with Crippen LogP contribution in [0.3, 0.4) is 0 Å². The fourth-order valence-corrected chi connectivity index (χ4v) is 3.56. The summed E-state index contributed by atoms with van der Waals surface area (Å²) < 4.78 is 0. The molecule has 3 aromatic carbocycles. The Bertz CT molecular complexity index is 1060. The van der Waals surface area contributed by atoms with Crippen LogP contribution < -0.4 is 10.6 Å².